The predicted molar refractivity (Wildman–Crippen MR) is 112 cm³/mol. The van der Waals surface area contributed by atoms with Crippen LogP contribution in [0.25, 0.3) is 0 Å². The van der Waals surface area contributed by atoms with E-state index in [0.29, 0.717) is 18.7 Å². The smallest absolute Gasteiger partial charge is 0.258 e. The van der Waals surface area contributed by atoms with Gasteiger partial charge in [-0.05, 0) is 42.2 Å². The first-order valence-electron chi connectivity index (χ1n) is 9.80. The van der Waals surface area contributed by atoms with E-state index < -0.39 is 0 Å². The summed E-state index contributed by atoms with van der Waals surface area (Å²) >= 11 is 0. The second-order valence-corrected chi connectivity index (χ2v) is 7.34. The normalized spacial score (nSPS) is 13.5. The Morgan fingerprint density at radius 2 is 1.75 bits per heavy atom. The van der Waals surface area contributed by atoms with Crippen molar-refractivity contribution >= 4 is 5.91 Å². The van der Waals surface area contributed by atoms with Crippen molar-refractivity contribution in [2.45, 2.75) is 32.9 Å². The topological polar surface area (TPSA) is 29.5 Å². The lowest BCUT2D eigenvalue weighted by Gasteiger charge is -2.31. The molecule has 28 heavy (non-hydrogen) atoms. The van der Waals surface area contributed by atoms with Gasteiger partial charge >= 0.3 is 0 Å². The monoisotopic (exact) mass is 371 g/mol. The van der Waals surface area contributed by atoms with E-state index in [1.54, 1.807) is 0 Å². The third kappa shape index (κ3) is 3.53. The second-order valence-electron chi connectivity index (χ2n) is 7.34. The van der Waals surface area contributed by atoms with Crippen molar-refractivity contribution in [3.05, 3.63) is 101 Å². The molecule has 0 radical (unpaired) electrons. The zero-order chi connectivity index (χ0) is 19.5. The van der Waals surface area contributed by atoms with Gasteiger partial charge in [-0.2, -0.15) is 0 Å². The molecule has 1 amide bonds. The Labute approximate surface area is 166 Å². The molecule has 0 aliphatic carbocycles. The molecule has 0 unspecified atom stereocenters. The number of carbonyl (C=O) groups is 1. The van der Waals surface area contributed by atoms with Gasteiger partial charge in [0.25, 0.3) is 5.91 Å². The maximum Gasteiger partial charge on any atom is 0.258 e. The first-order valence-corrected chi connectivity index (χ1v) is 9.80. The maximum absolute atomic E-state index is 13.7. The average Bonchev–Trinajstić information content (AvgIpc) is 3.22. The van der Waals surface area contributed by atoms with E-state index in [9.17, 15) is 4.79 Å². The highest BCUT2D eigenvalue weighted by Gasteiger charge is 2.28. The largest absolute Gasteiger partial charge is 0.492 e. The quantitative estimate of drug-likeness (QED) is 0.606. The van der Waals surface area contributed by atoms with Crippen LogP contribution in [0.2, 0.25) is 0 Å². The van der Waals surface area contributed by atoms with E-state index in [1.165, 1.54) is 5.56 Å². The third-order valence-corrected chi connectivity index (χ3v) is 5.56. The van der Waals surface area contributed by atoms with Gasteiger partial charge in [0.15, 0.2) is 0 Å². The molecule has 0 aromatic heterocycles. The SMILES string of the molecule is Cc1ccccc1CN(C(=O)c1cccc2c1OCC2)[C@@H](C)c1ccccc1. The number of fused-ring (bicyclic) bond motifs is 1. The zero-order valence-electron chi connectivity index (χ0n) is 16.4. The van der Waals surface area contributed by atoms with Crippen molar-refractivity contribution < 1.29 is 9.53 Å². The molecule has 1 aliphatic heterocycles. The number of hydrogen-bond donors (Lipinski definition) is 0. The number of benzene rings is 3. The lowest BCUT2D eigenvalue weighted by atomic mass is 10.0. The Balaban J connectivity index is 1.73. The Kier molecular flexibility index (Phi) is 5.16. The van der Waals surface area contributed by atoms with Gasteiger partial charge in [0, 0.05) is 13.0 Å². The van der Waals surface area contributed by atoms with E-state index in [2.05, 4.69) is 38.1 Å². The molecule has 1 heterocycles. The fourth-order valence-electron chi connectivity index (χ4n) is 3.81. The fraction of sp³-hybridized carbons (Fsp3) is 0.240. The fourth-order valence-corrected chi connectivity index (χ4v) is 3.81. The summed E-state index contributed by atoms with van der Waals surface area (Å²) < 4.78 is 5.81. The molecule has 1 aliphatic rings. The highest BCUT2D eigenvalue weighted by atomic mass is 16.5. The number of aryl methyl sites for hydroxylation is 1. The van der Waals surface area contributed by atoms with Crippen LogP contribution >= 0.6 is 0 Å². The van der Waals surface area contributed by atoms with Crippen molar-refractivity contribution in [2.75, 3.05) is 6.61 Å². The lowest BCUT2D eigenvalue weighted by Crippen LogP contribution is -2.33. The Bertz CT molecular complexity index is 981. The molecule has 3 aromatic carbocycles. The number of nitrogens with zero attached hydrogens (tertiary/aromatic N) is 1. The van der Waals surface area contributed by atoms with Crippen LogP contribution in [0, 0.1) is 6.92 Å². The van der Waals surface area contributed by atoms with Crippen molar-refractivity contribution in [3.8, 4) is 5.75 Å². The van der Waals surface area contributed by atoms with E-state index in [4.69, 9.17) is 4.74 Å². The number of ether oxygens (including phenoxy) is 1. The molecule has 0 saturated carbocycles. The molecule has 3 heteroatoms. The maximum atomic E-state index is 13.7. The average molecular weight is 371 g/mol. The molecule has 3 nitrogen and oxygen atoms in total. The van der Waals surface area contributed by atoms with Gasteiger partial charge in [-0.1, -0.05) is 66.7 Å². The van der Waals surface area contributed by atoms with E-state index in [-0.39, 0.29) is 11.9 Å². The van der Waals surface area contributed by atoms with Gasteiger partial charge in [-0.3, -0.25) is 4.79 Å². The van der Waals surface area contributed by atoms with Gasteiger partial charge < -0.3 is 9.64 Å². The summed E-state index contributed by atoms with van der Waals surface area (Å²) in [6.45, 7) is 5.39. The molecule has 0 fully saturated rings. The van der Waals surface area contributed by atoms with E-state index in [1.807, 2.05) is 53.4 Å². The molecular weight excluding hydrogens is 346 g/mol. The number of amides is 1. The van der Waals surface area contributed by atoms with Gasteiger partial charge in [-0.15, -0.1) is 0 Å². The molecule has 0 bridgehead atoms. The molecule has 1 atom stereocenters. The molecule has 142 valence electrons. The van der Waals surface area contributed by atoms with Crippen LogP contribution < -0.4 is 4.74 Å². The summed E-state index contributed by atoms with van der Waals surface area (Å²) in [5, 5.41) is 0. The number of hydrogen-bond acceptors (Lipinski definition) is 2. The van der Waals surface area contributed by atoms with Crippen molar-refractivity contribution in [1.82, 2.24) is 4.90 Å². The summed E-state index contributed by atoms with van der Waals surface area (Å²) in [4.78, 5) is 15.6. The molecule has 0 spiro atoms. The summed E-state index contributed by atoms with van der Waals surface area (Å²) in [6, 6.07) is 24.3. The summed E-state index contributed by atoms with van der Waals surface area (Å²) in [5.41, 5.74) is 5.25. The van der Waals surface area contributed by atoms with Gasteiger partial charge in [-0.25, -0.2) is 0 Å². The van der Waals surface area contributed by atoms with Crippen molar-refractivity contribution in [3.63, 3.8) is 0 Å². The van der Waals surface area contributed by atoms with Crippen molar-refractivity contribution in [1.29, 1.82) is 0 Å². The first kappa shape index (κ1) is 18.3. The van der Waals surface area contributed by atoms with Gasteiger partial charge in [0.2, 0.25) is 0 Å². The van der Waals surface area contributed by atoms with Crippen LogP contribution in [-0.4, -0.2) is 17.4 Å². The highest BCUT2D eigenvalue weighted by molar-refractivity contribution is 5.97. The predicted octanol–water partition coefficient (Wildman–Crippen LogP) is 5.33. The lowest BCUT2D eigenvalue weighted by molar-refractivity contribution is 0.0670. The van der Waals surface area contributed by atoms with E-state index >= 15 is 0 Å². The van der Waals surface area contributed by atoms with Gasteiger partial charge in [0.1, 0.15) is 5.75 Å². The third-order valence-electron chi connectivity index (χ3n) is 5.56. The van der Waals surface area contributed by atoms with Crippen LogP contribution in [0.4, 0.5) is 0 Å². The van der Waals surface area contributed by atoms with Gasteiger partial charge in [0.05, 0.1) is 18.2 Å². The van der Waals surface area contributed by atoms with Crippen LogP contribution in [0.3, 0.4) is 0 Å². The van der Waals surface area contributed by atoms with Crippen LogP contribution in [0.5, 0.6) is 5.75 Å². The second kappa shape index (κ2) is 7.89. The highest BCUT2D eigenvalue weighted by Crippen LogP contribution is 2.33. The summed E-state index contributed by atoms with van der Waals surface area (Å²) in [5.74, 6) is 0.765. The number of para-hydroxylation sites is 1. The minimum atomic E-state index is -0.0504. The molecular formula is C25H25NO2. The molecule has 3 aromatic rings. The zero-order valence-corrected chi connectivity index (χ0v) is 16.4. The summed E-state index contributed by atoms with van der Waals surface area (Å²) in [7, 11) is 0. The Morgan fingerprint density at radius 3 is 2.54 bits per heavy atom. The first-order chi connectivity index (χ1) is 13.6. The molecule has 0 saturated heterocycles. The summed E-state index contributed by atoms with van der Waals surface area (Å²) in [6.07, 6.45) is 0.864. The number of carbonyl (C=O) groups excluding carboxylic acids is 1. The minimum absolute atomic E-state index is 0.0124. The number of rotatable bonds is 5. The molecule has 4 rings (SSSR count). The van der Waals surface area contributed by atoms with Crippen molar-refractivity contribution in [2.24, 2.45) is 0 Å². The standard InChI is InChI=1S/C25H25NO2/c1-18-9-6-7-12-22(18)17-26(19(2)20-10-4-3-5-11-20)25(27)23-14-8-13-21-15-16-28-24(21)23/h3-14,19H,15-17H2,1-2H3/t19-/m0/s1. The Hall–Kier alpha value is -3.07. The van der Waals surface area contributed by atoms with Crippen LogP contribution in [0.1, 0.15) is 45.6 Å². The minimum Gasteiger partial charge on any atom is -0.492 e. The van der Waals surface area contributed by atoms with E-state index in [0.717, 1.165) is 28.9 Å². The molecule has 0 N–H and O–H groups in total. The van der Waals surface area contributed by atoms with Crippen LogP contribution in [0.15, 0.2) is 72.8 Å². The Morgan fingerprint density at radius 1 is 1.00 bits per heavy atom. The van der Waals surface area contributed by atoms with Crippen LogP contribution in [-0.2, 0) is 13.0 Å².